The topological polar surface area (TPSA) is 58.8 Å². The van der Waals surface area contributed by atoms with Crippen LogP contribution in [0.4, 0.5) is 0 Å². The average Bonchev–Trinajstić information content (AvgIpc) is 3.28. The third kappa shape index (κ3) is 4.33. The van der Waals surface area contributed by atoms with E-state index in [9.17, 15) is 4.79 Å². The van der Waals surface area contributed by atoms with E-state index in [-0.39, 0.29) is 17.9 Å². The maximum atomic E-state index is 12.9. The number of benzene rings is 1. The molecule has 0 bridgehead atoms. The molecule has 1 saturated heterocycles. The first-order chi connectivity index (χ1) is 12.9. The Morgan fingerprint density at radius 3 is 2.59 bits per heavy atom. The highest BCUT2D eigenvalue weighted by molar-refractivity contribution is 5.91. The Morgan fingerprint density at radius 1 is 1.30 bits per heavy atom. The summed E-state index contributed by atoms with van der Waals surface area (Å²) in [7, 11) is 5.78. The summed E-state index contributed by atoms with van der Waals surface area (Å²) in [5.74, 6) is 1.81. The van der Waals surface area contributed by atoms with Gasteiger partial charge >= 0.3 is 0 Å². The van der Waals surface area contributed by atoms with Gasteiger partial charge in [-0.15, -0.1) is 0 Å². The van der Waals surface area contributed by atoms with E-state index in [1.165, 1.54) is 5.56 Å². The number of carbonyl (C=O) groups excluding carboxylic acids is 1. The lowest BCUT2D eigenvalue weighted by Crippen LogP contribution is -2.35. The van der Waals surface area contributed by atoms with Crippen molar-refractivity contribution in [1.82, 2.24) is 15.0 Å². The highest BCUT2D eigenvalue weighted by Gasteiger charge is 2.38. The third-order valence-electron chi connectivity index (χ3n) is 5.17. The summed E-state index contributed by atoms with van der Waals surface area (Å²) in [6.07, 6.45) is 0.811. The lowest BCUT2D eigenvalue weighted by molar-refractivity contribution is 0.0741. The second-order valence-corrected chi connectivity index (χ2v) is 7.90. The van der Waals surface area contributed by atoms with Crippen LogP contribution in [-0.4, -0.2) is 61.2 Å². The van der Waals surface area contributed by atoms with E-state index in [0.717, 1.165) is 17.9 Å². The van der Waals surface area contributed by atoms with Gasteiger partial charge in [-0.1, -0.05) is 31.1 Å². The summed E-state index contributed by atoms with van der Waals surface area (Å²) >= 11 is 0. The summed E-state index contributed by atoms with van der Waals surface area (Å²) < 4.78 is 10.6. The number of methoxy groups -OCH3 is 1. The Hall–Kier alpha value is -2.34. The number of nitrogens with zero attached hydrogens (tertiary/aromatic N) is 3. The lowest BCUT2D eigenvalue weighted by Gasteiger charge is -2.25. The second-order valence-electron chi connectivity index (χ2n) is 7.90. The normalized spacial score (nSPS) is 19.9. The smallest absolute Gasteiger partial charge is 0.292 e. The predicted molar refractivity (Wildman–Crippen MR) is 104 cm³/mol. The van der Waals surface area contributed by atoms with Crippen LogP contribution in [0, 0.1) is 5.92 Å². The molecule has 146 valence electrons. The Bertz CT molecular complexity index is 767. The van der Waals surface area contributed by atoms with Gasteiger partial charge in [0.25, 0.3) is 5.91 Å². The minimum absolute atomic E-state index is 0.0830. The molecule has 6 nitrogen and oxygen atoms in total. The largest absolute Gasteiger partial charge is 0.497 e. The summed E-state index contributed by atoms with van der Waals surface area (Å²) in [5.41, 5.74) is 2.05. The molecule has 6 heteroatoms. The van der Waals surface area contributed by atoms with Crippen molar-refractivity contribution in [2.75, 3.05) is 34.3 Å². The first-order valence-corrected chi connectivity index (χ1v) is 9.44. The van der Waals surface area contributed by atoms with E-state index in [0.29, 0.717) is 24.8 Å². The molecule has 27 heavy (non-hydrogen) atoms. The number of rotatable bonds is 6. The van der Waals surface area contributed by atoms with Crippen LogP contribution in [-0.2, 0) is 6.42 Å². The van der Waals surface area contributed by atoms with Gasteiger partial charge in [-0.05, 0) is 44.1 Å². The zero-order valence-electron chi connectivity index (χ0n) is 16.8. The van der Waals surface area contributed by atoms with Gasteiger partial charge < -0.3 is 19.1 Å². The number of hydrogen-bond donors (Lipinski definition) is 0. The predicted octanol–water partition coefficient (Wildman–Crippen LogP) is 3.05. The number of likely N-dealkylation sites (N-methyl/N-ethyl adjacent to an activating group) is 1. The Balaban J connectivity index is 1.77. The van der Waals surface area contributed by atoms with E-state index in [4.69, 9.17) is 9.26 Å². The first kappa shape index (κ1) is 19.4. The van der Waals surface area contributed by atoms with E-state index in [2.05, 4.69) is 50.1 Å². The third-order valence-corrected chi connectivity index (χ3v) is 5.17. The van der Waals surface area contributed by atoms with E-state index in [1.54, 1.807) is 13.2 Å². The maximum Gasteiger partial charge on any atom is 0.292 e. The quantitative estimate of drug-likeness (QED) is 0.781. The molecule has 1 aliphatic rings. The fourth-order valence-electron chi connectivity index (χ4n) is 3.74. The second kappa shape index (κ2) is 8.13. The molecule has 1 fully saturated rings. The molecule has 0 spiro atoms. The summed E-state index contributed by atoms with van der Waals surface area (Å²) in [6, 6.07) is 10.2. The van der Waals surface area contributed by atoms with Crippen molar-refractivity contribution in [3.8, 4) is 5.75 Å². The van der Waals surface area contributed by atoms with Crippen molar-refractivity contribution in [2.24, 2.45) is 5.92 Å². The molecule has 0 unspecified atom stereocenters. The van der Waals surface area contributed by atoms with Crippen LogP contribution in [0.3, 0.4) is 0 Å². The fourth-order valence-corrected chi connectivity index (χ4v) is 3.74. The number of amides is 1. The molecular formula is C21H29N3O3. The average molecular weight is 371 g/mol. The highest BCUT2D eigenvalue weighted by Crippen LogP contribution is 2.32. The van der Waals surface area contributed by atoms with Gasteiger partial charge in [0, 0.05) is 31.1 Å². The molecule has 1 aromatic carbocycles. The number of carbonyl (C=O) groups is 1. The van der Waals surface area contributed by atoms with Crippen molar-refractivity contribution in [2.45, 2.75) is 32.2 Å². The molecule has 1 aliphatic heterocycles. The Labute approximate surface area is 161 Å². The van der Waals surface area contributed by atoms with E-state index < -0.39 is 0 Å². The molecule has 2 atom stereocenters. The van der Waals surface area contributed by atoms with Crippen LogP contribution in [0.25, 0.3) is 0 Å². The molecule has 0 N–H and O–H groups in total. The van der Waals surface area contributed by atoms with Crippen molar-refractivity contribution in [3.05, 3.63) is 47.3 Å². The summed E-state index contributed by atoms with van der Waals surface area (Å²) in [5, 5.41) is 4.05. The number of hydrogen-bond acceptors (Lipinski definition) is 5. The maximum absolute atomic E-state index is 12.9. The SMILES string of the molecule is COc1ccc([C@@H]2CN(C(=O)c3cc(CC(C)C)no3)C[C@H]2N(C)C)cc1. The van der Waals surface area contributed by atoms with Crippen LogP contribution < -0.4 is 4.74 Å². The number of ether oxygens (including phenoxy) is 1. The van der Waals surface area contributed by atoms with Gasteiger partial charge in [0.05, 0.1) is 12.8 Å². The van der Waals surface area contributed by atoms with Gasteiger partial charge in [-0.3, -0.25) is 4.79 Å². The molecule has 1 aromatic heterocycles. The van der Waals surface area contributed by atoms with E-state index in [1.807, 2.05) is 17.0 Å². The number of likely N-dealkylation sites (tertiary alicyclic amines) is 1. The van der Waals surface area contributed by atoms with Gasteiger partial charge in [0.2, 0.25) is 5.76 Å². The van der Waals surface area contributed by atoms with Gasteiger partial charge in [0.1, 0.15) is 5.75 Å². The van der Waals surface area contributed by atoms with Crippen LogP contribution in [0.5, 0.6) is 5.75 Å². The highest BCUT2D eigenvalue weighted by atomic mass is 16.5. The van der Waals surface area contributed by atoms with Crippen LogP contribution >= 0.6 is 0 Å². The summed E-state index contributed by atoms with van der Waals surface area (Å²) in [6.45, 7) is 5.58. The number of aromatic nitrogens is 1. The van der Waals surface area contributed by atoms with Crippen LogP contribution in [0.1, 0.15) is 41.6 Å². The Kier molecular flexibility index (Phi) is 5.85. The molecule has 0 saturated carbocycles. The molecule has 1 amide bonds. The molecular weight excluding hydrogens is 342 g/mol. The molecule has 2 aromatic rings. The minimum atomic E-state index is -0.0830. The van der Waals surface area contributed by atoms with Crippen LogP contribution in [0.15, 0.2) is 34.9 Å². The molecule has 2 heterocycles. The van der Waals surface area contributed by atoms with Crippen molar-refractivity contribution < 1.29 is 14.1 Å². The lowest BCUT2D eigenvalue weighted by atomic mass is 9.93. The van der Waals surface area contributed by atoms with Gasteiger partial charge in [-0.2, -0.15) is 0 Å². The molecule has 0 radical (unpaired) electrons. The minimum Gasteiger partial charge on any atom is -0.497 e. The molecule has 0 aliphatic carbocycles. The first-order valence-electron chi connectivity index (χ1n) is 9.44. The van der Waals surface area contributed by atoms with Crippen molar-refractivity contribution in [3.63, 3.8) is 0 Å². The molecule has 3 rings (SSSR count). The van der Waals surface area contributed by atoms with Crippen molar-refractivity contribution >= 4 is 5.91 Å². The fraction of sp³-hybridized carbons (Fsp3) is 0.524. The zero-order valence-corrected chi connectivity index (χ0v) is 16.8. The standard InChI is InChI=1S/C21H29N3O3/c1-14(2)10-16-11-20(27-22-16)21(25)24-12-18(19(13-24)23(3)4)15-6-8-17(26-5)9-7-15/h6-9,11,14,18-19H,10,12-13H2,1-5H3/t18-,19+/m0/s1. The van der Waals surface area contributed by atoms with Gasteiger partial charge in [0.15, 0.2) is 0 Å². The van der Waals surface area contributed by atoms with E-state index >= 15 is 0 Å². The summed E-state index contributed by atoms with van der Waals surface area (Å²) in [4.78, 5) is 17.0. The zero-order chi connectivity index (χ0) is 19.6. The monoisotopic (exact) mass is 371 g/mol. The Morgan fingerprint density at radius 2 is 2.00 bits per heavy atom. The van der Waals surface area contributed by atoms with Crippen LogP contribution in [0.2, 0.25) is 0 Å². The van der Waals surface area contributed by atoms with Gasteiger partial charge in [-0.25, -0.2) is 0 Å². The van der Waals surface area contributed by atoms with Crippen molar-refractivity contribution in [1.29, 1.82) is 0 Å².